The van der Waals surface area contributed by atoms with Crippen LogP contribution in [0.1, 0.15) is 44.1 Å². The Morgan fingerprint density at radius 3 is 2.77 bits per heavy atom. The summed E-state index contributed by atoms with van der Waals surface area (Å²) in [5.41, 5.74) is 2.15. The van der Waals surface area contributed by atoms with E-state index in [2.05, 4.69) is 30.6 Å². The number of rotatable bonds is 5. The lowest BCUT2D eigenvalue weighted by Gasteiger charge is -2.38. The van der Waals surface area contributed by atoms with Gasteiger partial charge in [0.1, 0.15) is 11.5 Å². The second-order valence-corrected chi connectivity index (χ2v) is 10.6. The van der Waals surface area contributed by atoms with Crippen molar-refractivity contribution in [3.8, 4) is 17.6 Å². The van der Waals surface area contributed by atoms with Crippen LogP contribution >= 0.6 is 11.8 Å². The Morgan fingerprint density at radius 2 is 2.03 bits per heavy atom. The minimum Gasteiger partial charge on any atom is -0.465 e. The molecule has 1 aliphatic carbocycles. The number of fused-ring (bicyclic) bond motifs is 1. The lowest BCUT2D eigenvalue weighted by molar-refractivity contribution is -0.118. The van der Waals surface area contributed by atoms with Gasteiger partial charge in [0.25, 0.3) is 0 Å². The molecule has 0 bridgehead atoms. The van der Waals surface area contributed by atoms with Crippen molar-refractivity contribution in [3.05, 3.63) is 63.7 Å². The number of ketones is 1. The van der Waals surface area contributed by atoms with Crippen LogP contribution in [0.4, 0.5) is 5.69 Å². The molecule has 3 aliphatic rings. The number of hydrogen-bond donors (Lipinski definition) is 2. The first-order valence-corrected chi connectivity index (χ1v) is 12.3. The zero-order valence-electron chi connectivity index (χ0n) is 19.7. The third-order valence-electron chi connectivity index (χ3n) is 6.18. The first-order valence-electron chi connectivity index (χ1n) is 11.3. The van der Waals surface area contributed by atoms with Crippen molar-refractivity contribution in [2.24, 2.45) is 5.41 Å². The molecule has 8 nitrogen and oxygen atoms in total. The number of aryl methyl sites for hydroxylation is 1. The van der Waals surface area contributed by atoms with E-state index in [0.29, 0.717) is 57.7 Å². The van der Waals surface area contributed by atoms with Crippen LogP contribution in [0.25, 0.3) is 0 Å². The van der Waals surface area contributed by atoms with Crippen LogP contribution in [0, 0.1) is 23.7 Å². The van der Waals surface area contributed by atoms with Crippen LogP contribution < -0.4 is 20.1 Å². The maximum absolute atomic E-state index is 13.2. The van der Waals surface area contributed by atoms with Crippen molar-refractivity contribution in [1.82, 2.24) is 5.32 Å². The normalized spacial score (nSPS) is 20.3. The summed E-state index contributed by atoms with van der Waals surface area (Å²) in [7, 11) is 0. The van der Waals surface area contributed by atoms with Crippen molar-refractivity contribution < 1.29 is 23.5 Å². The number of amides is 1. The molecule has 2 N–H and O–H groups in total. The molecule has 1 aromatic carbocycles. The molecule has 0 radical (unpaired) electrons. The Hall–Kier alpha value is -3.64. The first kappa shape index (κ1) is 23.1. The highest BCUT2D eigenvalue weighted by Crippen LogP contribution is 2.48. The Balaban J connectivity index is 1.40. The molecule has 2 aliphatic heterocycles. The number of Topliss-reactive ketones (excluding diaryl/α,β-unsaturated/α-hetero) is 1. The third kappa shape index (κ3) is 4.54. The zero-order valence-corrected chi connectivity index (χ0v) is 20.5. The molecule has 2 aromatic rings. The zero-order chi connectivity index (χ0) is 24.7. The summed E-state index contributed by atoms with van der Waals surface area (Å²) in [6.45, 7) is 6.10. The van der Waals surface area contributed by atoms with Crippen molar-refractivity contribution in [2.75, 3.05) is 17.9 Å². The number of carbonyl (C=O) groups is 2. The van der Waals surface area contributed by atoms with Crippen molar-refractivity contribution >= 4 is 29.1 Å². The number of nitrogens with one attached hydrogen (secondary N) is 2. The molecule has 180 valence electrons. The first-order chi connectivity index (χ1) is 16.7. The molecule has 35 heavy (non-hydrogen) atoms. The average Bonchev–Trinajstić information content (AvgIpc) is 3.44. The van der Waals surface area contributed by atoms with E-state index in [1.54, 1.807) is 18.2 Å². The molecule has 0 unspecified atom stereocenters. The fourth-order valence-electron chi connectivity index (χ4n) is 4.69. The number of dihydropyridines is 1. The number of anilines is 1. The molecule has 1 aromatic heterocycles. The average molecular weight is 492 g/mol. The third-order valence-corrected chi connectivity index (χ3v) is 7.19. The summed E-state index contributed by atoms with van der Waals surface area (Å²) >= 11 is 1.24. The molecule has 0 saturated carbocycles. The van der Waals surface area contributed by atoms with E-state index in [4.69, 9.17) is 13.9 Å². The predicted octanol–water partition coefficient (Wildman–Crippen LogP) is 4.75. The molecule has 1 atom stereocenters. The SMILES string of the molecule is Cc1ccc([C@H]2C(C#N)=C(SCC(=O)Nc3ccc4c(c3)OCO4)NC3=C2C(=O)CC(C)(C)C3)o1. The van der Waals surface area contributed by atoms with Crippen LogP contribution in [-0.2, 0) is 9.59 Å². The monoisotopic (exact) mass is 491 g/mol. The van der Waals surface area contributed by atoms with Gasteiger partial charge in [-0.15, -0.1) is 0 Å². The van der Waals surface area contributed by atoms with Crippen LogP contribution in [0.15, 0.2) is 56.6 Å². The molecule has 9 heteroatoms. The van der Waals surface area contributed by atoms with E-state index >= 15 is 0 Å². The van der Waals surface area contributed by atoms with E-state index in [9.17, 15) is 14.9 Å². The molecule has 3 heterocycles. The molecular formula is C26H25N3O5S. The molecule has 5 rings (SSSR count). The summed E-state index contributed by atoms with van der Waals surface area (Å²) in [4.78, 5) is 25.9. The molecule has 0 saturated heterocycles. The number of thioether (sulfide) groups is 1. The minimum atomic E-state index is -0.590. The summed E-state index contributed by atoms with van der Waals surface area (Å²) in [6, 6.07) is 11.1. The van der Waals surface area contributed by atoms with Crippen molar-refractivity contribution in [2.45, 2.75) is 39.5 Å². The number of allylic oxidation sites excluding steroid dienone is 3. The number of benzene rings is 1. The standard InChI is InChI=1S/C26H25N3O5S/c1-14-4-6-20(34-14)23-16(11-27)25(29-17-9-26(2,3)10-18(30)24(17)23)35-12-22(31)28-15-5-7-19-21(8-15)33-13-32-19/h4-8,23,29H,9-10,12-13H2,1-3H3,(H,28,31)/t23-/m1/s1. The van der Waals surface area contributed by atoms with Gasteiger partial charge in [-0.3, -0.25) is 9.59 Å². The predicted molar refractivity (Wildman–Crippen MR) is 131 cm³/mol. The fraction of sp³-hybridized carbons (Fsp3) is 0.346. The molecule has 0 spiro atoms. The smallest absolute Gasteiger partial charge is 0.234 e. The van der Waals surface area contributed by atoms with Crippen LogP contribution in [0.2, 0.25) is 0 Å². The summed E-state index contributed by atoms with van der Waals surface area (Å²) in [5, 5.41) is 16.8. The van der Waals surface area contributed by atoms with Crippen LogP contribution in [0.3, 0.4) is 0 Å². The maximum atomic E-state index is 13.2. The molecule has 0 fully saturated rings. The van der Waals surface area contributed by atoms with Gasteiger partial charge in [-0.1, -0.05) is 25.6 Å². The number of nitrogens with zero attached hydrogens (tertiary/aromatic N) is 1. The number of hydrogen-bond acceptors (Lipinski definition) is 8. The van der Waals surface area contributed by atoms with Gasteiger partial charge in [-0.25, -0.2) is 0 Å². The summed E-state index contributed by atoms with van der Waals surface area (Å²) in [5.74, 6) is 1.76. The van der Waals surface area contributed by atoms with Gasteiger partial charge < -0.3 is 24.5 Å². The molecular weight excluding hydrogens is 466 g/mol. The van der Waals surface area contributed by atoms with Crippen molar-refractivity contribution in [3.63, 3.8) is 0 Å². The largest absolute Gasteiger partial charge is 0.465 e. The quantitative estimate of drug-likeness (QED) is 0.616. The van der Waals surface area contributed by atoms with Crippen LogP contribution in [-0.4, -0.2) is 24.2 Å². The highest BCUT2D eigenvalue weighted by molar-refractivity contribution is 8.03. The van der Waals surface area contributed by atoms with Crippen LogP contribution in [0.5, 0.6) is 11.5 Å². The van der Waals surface area contributed by atoms with E-state index in [0.717, 1.165) is 5.70 Å². The summed E-state index contributed by atoms with van der Waals surface area (Å²) < 4.78 is 16.5. The summed E-state index contributed by atoms with van der Waals surface area (Å²) in [6.07, 6.45) is 1.07. The number of ether oxygens (including phenoxy) is 2. The fourth-order valence-corrected chi connectivity index (χ4v) is 5.55. The number of nitriles is 1. The van der Waals surface area contributed by atoms with Crippen molar-refractivity contribution in [1.29, 1.82) is 5.26 Å². The highest BCUT2D eigenvalue weighted by atomic mass is 32.2. The lowest BCUT2D eigenvalue weighted by Crippen LogP contribution is -2.37. The second-order valence-electron chi connectivity index (χ2n) is 9.60. The topological polar surface area (TPSA) is 114 Å². The Kier molecular flexibility index (Phi) is 5.85. The van der Waals surface area contributed by atoms with Gasteiger partial charge >= 0.3 is 0 Å². The second kappa shape index (κ2) is 8.86. The van der Waals surface area contributed by atoms with Gasteiger partial charge in [0.15, 0.2) is 17.3 Å². The van der Waals surface area contributed by atoms with Gasteiger partial charge in [-0.2, -0.15) is 5.26 Å². The maximum Gasteiger partial charge on any atom is 0.234 e. The molecule has 1 amide bonds. The minimum absolute atomic E-state index is 0.0140. The number of carbonyl (C=O) groups excluding carboxylic acids is 2. The Labute approximate surface area is 207 Å². The Morgan fingerprint density at radius 1 is 1.23 bits per heavy atom. The van der Waals surface area contributed by atoms with Gasteiger partial charge in [0, 0.05) is 29.4 Å². The highest BCUT2D eigenvalue weighted by Gasteiger charge is 2.43. The van der Waals surface area contributed by atoms with E-state index in [1.807, 2.05) is 19.1 Å². The van der Waals surface area contributed by atoms with E-state index in [-0.39, 0.29) is 29.7 Å². The lowest BCUT2D eigenvalue weighted by atomic mass is 9.70. The number of furan rings is 1. The van der Waals surface area contributed by atoms with E-state index in [1.165, 1.54) is 11.8 Å². The van der Waals surface area contributed by atoms with Gasteiger partial charge in [-0.05, 0) is 43.0 Å². The van der Waals surface area contributed by atoms with Gasteiger partial charge in [0.2, 0.25) is 12.7 Å². The van der Waals surface area contributed by atoms with Gasteiger partial charge in [0.05, 0.1) is 28.3 Å². The van der Waals surface area contributed by atoms with E-state index < -0.39 is 5.92 Å². The Bertz CT molecular complexity index is 1330.